The maximum atomic E-state index is 12.3. The number of hydrogen-bond acceptors (Lipinski definition) is 7. The molecule has 0 unspecified atom stereocenters. The number of nitro benzene ring substituents is 1. The number of anilines is 1. The Hall–Kier alpha value is -3.71. The highest BCUT2D eigenvalue weighted by molar-refractivity contribution is 14.1. The zero-order valence-electron chi connectivity index (χ0n) is 19.1. The summed E-state index contributed by atoms with van der Waals surface area (Å²) in [7, 11) is 1.46. The summed E-state index contributed by atoms with van der Waals surface area (Å²) in [5.74, 6) is -0.144. The molecule has 0 atom stereocenters. The molecule has 0 aliphatic carbocycles. The highest BCUT2D eigenvalue weighted by atomic mass is 127. The van der Waals surface area contributed by atoms with Crippen LogP contribution >= 0.6 is 34.2 Å². The van der Waals surface area contributed by atoms with Gasteiger partial charge in [0.2, 0.25) is 0 Å². The summed E-state index contributed by atoms with van der Waals surface area (Å²) in [5.41, 5.74) is 4.53. The standard InChI is InChI=1S/C24H20ClIN4O6/c1-14-3-6-17(11-19(14)25)28-22(31)13-36-23-20(26)9-15(10-21(23)35-2)12-27-29-24(32)16-4-7-18(8-5-16)30(33)34/h3-12H,13H2,1-2H3,(H,28,31)(H,29,32)/b27-12+. The minimum atomic E-state index is -0.547. The smallest absolute Gasteiger partial charge is 0.271 e. The van der Waals surface area contributed by atoms with Crippen LogP contribution in [-0.4, -0.2) is 36.7 Å². The number of rotatable bonds is 9. The maximum absolute atomic E-state index is 12.3. The van der Waals surface area contributed by atoms with Crippen molar-refractivity contribution < 1.29 is 24.0 Å². The molecule has 0 saturated carbocycles. The molecule has 0 aliphatic heterocycles. The molecule has 0 aromatic heterocycles. The largest absolute Gasteiger partial charge is 0.493 e. The van der Waals surface area contributed by atoms with Crippen LogP contribution in [-0.2, 0) is 4.79 Å². The summed E-state index contributed by atoms with van der Waals surface area (Å²) < 4.78 is 11.7. The van der Waals surface area contributed by atoms with E-state index < -0.39 is 10.8 Å². The Morgan fingerprint density at radius 1 is 1.17 bits per heavy atom. The van der Waals surface area contributed by atoms with Crippen molar-refractivity contribution in [3.05, 3.63) is 90.0 Å². The second-order valence-corrected chi connectivity index (χ2v) is 8.91. The monoisotopic (exact) mass is 622 g/mol. The Kier molecular flexibility index (Phi) is 9.19. The van der Waals surface area contributed by atoms with Gasteiger partial charge in [0, 0.05) is 28.4 Å². The molecule has 2 amide bonds. The van der Waals surface area contributed by atoms with E-state index in [0.29, 0.717) is 31.3 Å². The third-order valence-corrected chi connectivity index (χ3v) is 5.98. The molecular formula is C24H20ClIN4O6. The molecule has 0 radical (unpaired) electrons. The number of nitrogens with zero attached hydrogens (tertiary/aromatic N) is 2. The van der Waals surface area contributed by atoms with Gasteiger partial charge in [0.15, 0.2) is 18.1 Å². The van der Waals surface area contributed by atoms with Crippen molar-refractivity contribution in [2.75, 3.05) is 19.0 Å². The van der Waals surface area contributed by atoms with E-state index in [2.05, 4.69) is 15.8 Å². The van der Waals surface area contributed by atoms with E-state index in [9.17, 15) is 19.7 Å². The summed E-state index contributed by atoms with van der Waals surface area (Å²) >= 11 is 8.13. The lowest BCUT2D eigenvalue weighted by atomic mass is 10.2. The molecule has 0 spiro atoms. The summed E-state index contributed by atoms with van der Waals surface area (Å²) in [6.07, 6.45) is 1.41. The van der Waals surface area contributed by atoms with Gasteiger partial charge in [0.05, 0.1) is 21.8 Å². The van der Waals surface area contributed by atoms with Gasteiger partial charge in [-0.25, -0.2) is 5.43 Å². The fourth-order valence-corrected chi connectivity index (χ4v) is 3.89. The van der Waals surface area contributed by atoms with Gasteiger partial charge in [0.1, 0.15) is 0 Å². The second-order valence-electron chi connectivity index (χ2n) is 7.34. The first-order valence-corrected chi connectivity index (χ1v) is 11.8. The summed E-state index contributed by atoms with van der Waals surface area (Å²) in [4.78, 5) is 34.7. The number of carbonyl (C=O) groups excluding carboxylic acids is 2. The average molecular weight is 623 g/mol. The van der Waals surface area contributed by atoms with E-state index >= 15 is 0 Å². The Bertz CT molecular complexity index is 1330. The molecule has 36 heavy (non-hydrogen) atoms. The van der Waals surface area contributed by atoms with Crippen LogP contribution in [0, 0.1) is 20.6 Å². The topological polar surface area (TPSA) is 132 Å². The second kappa shape index (κ2) is 12.3. The lowest BCUT2D eigenvalue weighted by Crippen LogP contribution is -2.20. The van der Waals surface area contributed by atoms with Crippen LogP contribution in [0.15, 0.2) is 59.7 Å². The Morgan fingerprint density at radius 2 is 1.89 bits per heavy atom. The quantitative estimate of drug-likeness (QED) is 0.150. The number of hydrogen-bond donors (Lipinski definition) is 2. The number of ether oxygens (including phenoxy) is 2. The highest BCUT2D eigenvalue weighted by Crippen LogP contribution is 2.33. The fourth-order valence-electron chi connectivity index (χ4n) is 2.92. The van der Waals surface area contributed by atoms with Crippen LogP contribution in [0.25, 0.3) is 0 Å². The Balaban J connectivity index is 1.62. The first-order chi connectivity index (χ1) is 17.2. The number of methoxy groups -OCH3 is 1. The van der Waals surface area contributed by atoms with Crippen molar-refractivity contribution in [1.82, 2.24) is 5.43 Å². The van der Waals surface area contributed by atoms with Gasteiger partial charge in [-0.05, 0) is 77.0 Å². The molecule has 2 N–H and O–H groups in total. The van der Waals surface area contributed by atoms with Gasteiger partial charge >= 0.3 is 0 Å². The van der Waals surface area contributed by atoms with Crippen LogP contribution < -0.4 is 20.2 Å². The molecule has 0 fully saturated rings. The molecule has 186 valence electrons. The van der Waals surface area contributed by atoms with Crippen LogP contribution in [0.3, 0.4) is 0 Å². The van der Waals surface area contributed by atoms with Crippen molar-refractivity contribution in [2.45, 2.75) is 6.92 Å². The third-order valence-electron chi connectivity index (χ3n) is 4.77. The SMILES string of the molecule is COc1cc(/C=N/NC(=O)c2ccc([N+](=O)[O-])cc2)cc(I)c1OCC(=O)Nc1ccc(C)c(Cl)c1. The summed E-state index contributed by atoms with van der Waals surface area (Å²) in [5, 5.41) is 17.9. The van der Waals surface area contributed by atoms with Crippen molar-refractivity contribution >= 4 is 63.6 Å². The van der Waals surface area contributed by atoms with Gasteiger partial charge in [-0.15, -0.1) is 0 Å². The van der Waals surface area contributed by atoms with Crippen LogP contribution in [0.4, 0.5) is 11.4 Å². The highest BCUT2D eigenvalue weighted by Gasteiger charge is 2.14. The molecule has 0 saturated heterocycles. The van der Waals surface area contributed by atoms with E-state index in [4.69, 9.17) is 21.1 Å². The first-order valence-electron chi connectivity index (χ1n) is 10.3. The fraction of sp³-hybridized carbons (Fsp3) is 0.125. The van der Waals surface area contributed by atoms with Gasteiger partial charge < -0.3 is 14.8 Å². The van der Waals surface area contributed by atoms with Gasteiger partial charge in [-0.3, -0.25) is 19.7 Å². The molecule has 3 rings (SSSR count). The number of carbonyl (C=O) groups is 2. The molecule has 3 aromatic carbocycles. The zero-order valence-corrected chi connectivity index (χ0v) is 22.0. The molecule has 0 heterocycles. The predicted octanol–water partition coefficient (Wildman–Crippen LogP) is 4.95. The Morgan fingerprint density at radius 3 is 2.53 bits per heavy atom. The normalized spacial score (nSPS) is 10.7. The van der Waals surface area contributed by atoms with Crippen molar-refractivity contribution in [3.8, 4) is 11.5 Å². The van der Waals surface area contributed by atoms with Crippen LogP contribution in [0.5, 0.6) is 11.5 Å². The van der Waals surface area contributed by atoms with Crippen molar-refractivity contribution in [1.29, 1.82) is 0 Å². The molecule has 0 bridgehead atoms. The van der Waals surface area contributed by atoms with E-state index in [0.717, 1.165) is 5.56 Å². The molecule has 12 heteroatoms. The number of non-ortho nitro benzene ring substituents is 1. The number of nitro groups is 1. The number of hydrazone groups is 1. The maximum Gasteiger partial charge on any atom is 0.271 e. The lowest BCUT2D eigenvalue weighted by Gasteiger charge is -2.14. The summed E-state index contributed by atoms with van der Waals surface area (Å²) in [6.45, 7) is 1.61. The molecule has 10 nitrogen and oxygen atoms in total. The number of halogens is 2. The van der Waals surface area contributed by atoms with Gasteiger partial charge in [-0.1, -0.05) is 17.7 Å². The van der Waals surface area contributed by atoms with Crippen molar-refractivity contribution in [2.24, 2.45) is 5.10 Å². The van der Waals surface area contributed by atoms with Crippen LogP contribution in [0.1, 0.15) is 21.5 Å². The van der Waals surface area contributed by atoms with Gasteiger partial charge in [0.25, 0.3) is 17.5 Å². The predicted molar refractivity (Wildman–Crippen MR) is 144 cm³/mol. The minimum absolute atomic E-state index is 0.115. The molecular weight excluding hydrogens is 603 g/mol. The van der Waals surface area contributed by atoms with Crippen LogP contribution in [0.2, 0.25) is 5.02 Å². The number of aryl methyl sites for hydroxylation is 1. The van der Waals surface area contributed by atoms with Gasteiger partial charge in [-0.2, -0.15) is 5.10 Å². The molecule has 3 aromatic rings. The van der Waals surface area contributed by atoms with Crippen molar-refractivity contribution in [3.63, 3.8) is 0 Å². The number of nitrogens with one attached hydrogen (secondary N) is 2. The first kappa shape index (κ1) is 26.9. The average Bonchev–Trinajstić information content (AvgIpc) is 2.85. The number of amides is 2. The van der Waals surface area contributed by atoms with E-state index in [1.807, 2.05) is 29.5 Å². The lowest BCUT2D eigenvalue weighted by molar-refractivity contribution is -0.384. The zero-order chi connectivity index (χ0) is 26.2. The third kappa shape index (κ3) is 7.15. The number of benzene rings is 3. The molecule has 0 aliphatic rings. The van der Waals surface area contributed by atoms with E-state index in [1.165, 1.54) is 37.6 Å². The van der Waals surface area contributed by atoms with E-state index in [1.54, 1.807) is 30.3 Å². The van der Waals surface area contributed by atoms with E-state index in [-0.39, 0.29) is 23.8 Å². The Labute approximate surface area is 224 Å². The summed E-state index contributed by atoms with van der Waals surface area (Å²) in [6, 6.07) is 13.7. The minimum Gasteiger partial charge on any atom is -0.493 e.